The highest BCUT2D eigenvalue weighted by atomic mass is 16.3. The van der Waals surface area contributed by atoms with Gasteiger partial charge < -0.3 is 5.11 Å². The van der Waals surface area contributed by atoms with E-state index in [9.17, 15) is 5.11 Å². The zero-order valence-electron chi connectivity index (χ0n) is 7.81. The smallest absolute Gasteiger partial charge is 0.0590 e. The molecule has 1 unspecified atom stereocenters. The maximum atomic E-state index is 9.56. The van der Waals surface area contributed by atoms with Crippen molar-refractivity contribution in [3.8, 4) is 0 Å². The van der Waals surface area contributed by atoms with E-state index >= 15 is 0 Å². The van der Waals surface area contributed by atoms with Gasteiger partial charge in [0.05, 0.1) is 6.10 Å². The third kappa shape index (κ3) is 3.89. The lowest BCUT2D eigenvalue weighted by atomic mass is 9.84. The van der Waals surface area contributed by atoms with Gasteiger partial charge in [0.15, 0.2) is 0 Å². The van der Waals surface area contributed by atoms with E-state index in [0.29, 0.717) is 5.92 Å². The van der Waals surface area contributed by atoms with Crippen molar-refractivity contribution in [2.45, 2.75) is 47.1 Å². The van der Waals surface area contributed by atoms with Crippen LogP contribution >= 0.6 is 0 Å². The fourth-order valence-corrected chi connectivity index (χ4v) is 0.800. The minimum Gasteiger partial charge on any atom is -0.393 e. The van der Waals surface area contributed by atoms with Gasteiger partial charge in [0.2, 0.25) is 0 Å². The van der Waals surface area contributed by atoms with Crippen LogP contribution in [-0.4, -0.2) is 11.2 Å². The van der Waals surface area contributed by atoms with E-state index in [1.165, 1.54) is 0 Å². The summed E-state index contributed by atoms with van der Waals surface area (Å²) in [7, 11) is 0. The maximum absolute atomic E-state index is 9.56. The first-order valence-corrected chi connectivity index (χ1v) is 4.02. The Bertz CT molecular complexity index is 89.4. The van der Waals surface area contributed by atoms with E-state index in [2.05, 4.69) is 34.6 Å². The Hall–Kier alpha value is -0.0400. The van der Waals surface area contributed by atoms with Crippen LogP contribution < -0.4 is 0 Å². The predicted molar refractivity (Wildman–Crippen MR) is 44.9 cm³/mol. The summed E-state index contributed by atoms with van der Waals surface area (Å²) in [5.41, 5.74) is 0.0459. The van der Waals surface area contributed by atoms with E-state index in [-0.39, 0.29) is 11.5 Å². The molecule has 0 saturated heterocycles. The van der Waals surface area contributed by atoms with Crippen molar-refractivity contribution in [2.75, 3.05) is 0 Å². The first-order valence-electron chi connectivity index (χ1n) is 4.02. The second-order valence-corrected chi connectivity index (χ2v) is 4.51. The Morgan fingerprint density at radius 3 is 1.70 bits per heavy atom. The highest BCUT2D eigenvalue weighted by molar-refractivity contribution is 4.73. The van der Waals surface area contributed by atoms with E-state index in [0.717, 1.165) is 6.42 Å². The number of hydrogen-bond acceptors (Lipinski definition) is 1. The van der Waals surface area contributed by atoms with Crippen molar-refractivity contribution < 1.29 is 5.11 Å². The molecule has 0 spiro atoms. The van der Waals surface area contributed by atoms with E-state index in [1.54, 1.807) is 0 Å². The van der Waals surface area contributed by atoms with Crippen molar-refractivity contribution in [2.24, 2.45) is 11.3 Å². The molecule has 0 amide bonds. The van der Waals surface area contributed by atoms with Crippen molar-refractivity contribution in [1.29, 1.82) is 0 Å². The second kappa shape index (κ2) is 3.38. The molecule has 0 aliphatic heterocycles. The molecule has 0 saturated carbocycles. The quantitative estimate of drug-likeness (QED) is 0.631. The molecule has 1 heteroatoms. The van der Waals surface area contributed by atoms with Crippen LogP contribution in [0.1, 0.15) is 41.0 Å². The number of hydrogen-bond donors (Lipinski definition) is 1. The van der Waals surface area contributed by atoms with Gasteiger partial charge in [-0.25, -0.2) is 0 Å². The third-order valence-corrected chi connectivity index (χ3v) is 1.69. The molecule has 1 nitrogen and oxygen atoms in total. The number of aliphatic hydroxyl groups excluding tert-OH is 1. The monoisotopic (exact) mass is 144 g/mol. The SMILES string of the molecule is CC(C)CC(O)C(C)(C)C. The average Bonchev–Trinajstić information content (AvgIpc) is 1.60. The lowest BCUT2D eigenvalue weighted by Crippen LogP contribution is -2.27. The zero-order valence-corrected chi connectivity index (χ0v) is 7.81. The van der Waals surface area contributed by atoms with E-state index < -0.39 is 0 Å². The summed E-state index contributed by atoms with van der Waals surface area (Å²) in [4.78, 5) is 0. The Morgan fingerprint density at radius 1 is 1.20 bits per heavy atom. The lowest BCUT2D eigenvalue weighted by molar-refractivity contribution is 0.0452. The van der Waals surface area contributed by atoms with E-state index in [1.807, 2.05) is 0 Å². The summed E-state index contributed by atoms with van der Waals surface area (Å²) in [6, 6.07) is 0. The highest BCUT2D eigenvalue weighted by Gasteiger charge is 2.22. The summed E-state index contributed by atoms with van der Waals surface area (Å²) < 4.78 is 0. The van der Waals surface area contributed by atoms with Crippen molar-refractivity contribution in [3.05, 3.63) is 0 Å². The molecular weight excluding hydrogens is 124 g/mol. The van der Waals surface area contributed by atoms with Crippen LogP contribution in [0.15, 0.2) is 0 Å². The van der Waals surface area contributed by atoms with Crippen LogP contribution in [-0.2, 0) is 0 Å². The molecule has 0 radical (unpaired) electrons. The van der Waals surface area contributed by atoms with Crippen LogP contribution in [0, 0.1) is 11.3 Å². The van der Waals surface area contributed by atoms with Crippen LogP contribution in [0.2, 0.25) is 0 Å². The number of rotatable bonds is 2. The molecule has 0 aliphatic carbocycles. The summed E-state index contributed by atoms with van der Waals surface area (Å²) >= 11 is 0. The van der Waals surface area contributed by atoms with Crippen LogP contribution in [0.4, 0.5) is 0 Å². The van der Waals surface area contributed by atoms with Gasteiger partial charge in [0, 0.05) is 0 Å². The first-order chi connectivity index (χ1) is 4.34. The molecule has 0 fully saturated rings. The van der Waals surface area contributed by atoms with E-state index in [4.69, 9.17) is 0 Å². The van der Waals surface area contributed by atoms with Crippen LogP contribution in [0.25, 0.3) is 0 Å². The van der Waals surface area contributed by atoms with Gasteiger partial charge >= 0.3 is 0 Å². The minimum atomic E-state index is -0.160. The Kier molecular flexibility index (Phi) is 3.37. The molecule has 0 bridgehead atoms. The van der Waals surface area contributed by atoms with Crippen molar-refractivity contribution >= 4 is 0 Å². The lowest BCUT2D eigenvalue weighted by Gasteiger charge is -2.27. The summed E-state index contributed by atoms with van der Waals surface area (Å²) in [5.74, 6) is 0.592. The van der Waals surface area contributed by atoms with Crippen molar-refractivity contribution in [3.63, 3.8) is 0 Å². The maximum Gasteiger partial charge on any atom is 0.0590 e. The van der Waals surface area contributed by atoms with Gasteiger partial charge in [0.1, 0.15) is 0 Å². The van der Waals surface area contributed by atoms with Gasteiger partial charge in [-0.05, 0) is 17.8 Å². The third-order valence-electron chi connectivity index (χ3n) is 1.69. The summed E-state index contributed by atoms with van der Waals surface area (Å²) in [6.45, 7) is 10.5. The number of aliphatic hydroxyl groups is 1. The molecule has 0 aromatic heterocycles. The minimum absolute atomic E-state index is 0.0459. The standard InChI is InChI=1S/C9H20O/c1-7(2)6-8(10)9(3,4)5/h7-8,10H,6H2,1-5H3. The van der Waals surface area contributed by atoms with Gasteiger partial charge in [-0.15, -0.1) is 0 Å². The molecule has 1 N–H and O–H groups in total. The van der Waals surface area contributed by atoms with Crippen LogP contribution in [0.5, 0.6) is 0 Å². The largest absolute Gasteiger partial charge is 0.393 e. The Morgan fingerprint density at radius 2 is 1.60 bits per heavy atom. The molecule has 10 heavy (non-hydrogen) atoms. The molecule has 0 aromatic rings. The molecule has 1 atom stereocenters. The highest BCUT2D eigenvalue weighted by Crippen LogP contribution is 2.23. The molecular formula is C9H20O. The molecule has 0 aromatic carbocycles. The zero-order chi connectivity index (χ0) is 8.36. The predicted octanol–water partition coefficient (Wildman–Crippen LogP) is 2.44. The summed E-state index contributed by atoms with van der Waals surface area (Å²) in [6.07, 6.45) is 0.747. The van der Waals surface area contributed by atoms with Crippen LogP contribution in [0.3, 0.4) is 0 Å². The molecule has 0 rings (SSSR count). The van der Waals surface area contributed by atoms with Gasteiger partial charge in [-0.2, -0.15) is 0 Å². The average molecular weight is 144 g/mol. The first kappa shape index (κ1) is 9.96. The summed E-state index contributed by atoms with van der Waals surface area (Å²) in [5, 5.41) is 9.56. The normalized spacial score (nSPS) is 15.9. The van der Waals surface area contributed by atoms with Gasteiger partial charge in [-0.3, -0.25) is 0 Å². The van der Waals surface area contributed by atoms with Crippen molar-refractivity contribution in [1.82, 2.24) is 0 Å². The topological polar surface area (TPSA) is 20.2 Å². The Labute approximate surface area is 64.5 Å². The molecule has 62 valence electrons. The molecule has 0 heterocycles. The molecule has 0 aliphatic rings. The Balaban J connectivity index is 3.73. The van der Waals surface area contributed by atoms with Gasteiger partial charge in [-0.1, -0.05) is 34.6 Å². The fourth-order valence-electron chi connectivity index (χ4n) is 0.800. The fraction of sp³-hybridized carbons (Fsp3) is 1.00. The van der Waals surface area contributed by atoms with Gasteiger partial charge in [0.25, 0.3) is 0 Å². The second-order valence-electron chi connectivity index (χ2n) is 4.51.